The van der Waals surface area contributed by atoms with Crippen molar-refractivity contribution >= 4 is 0 Å². The molecular weight excluding hydrogens is 234 g/mol. The lowest BCUT2D eigenvalue weighted by Gasteiger charge is -2.22. The Bertz CT molecular complexity index is 389. The summed E-state index contributed by atoms with van der Waals surface area (Å²) in [5.41, 5.74) is 2.80. The lowest BCUT2D eigenvalue weighted by atomic mass is 9.97. The van der Waals surface area contributed by atoms with Gasteiger partial charge in [0.2, 0.25) is 0 Å². The van der Waals surface area contributed by atoms with Crippen LogP contribution in [0.15, 0.2) is 18.2 Å². The lowest BCUT2D eigenvalue weighted by Crippen LogP contribution is -2.29. The molecule has 0 aliphatic carbocycles. The molecule has 1 aliphatic rings. The highest BCUT2D eigenvalue weighted by atomic mass is 16.5. The van der Waals surface area contributed by atoms with E-state index in [0.717, 1.165) is 26.0 Å². The fourth-order valence-electron chi connectivity index (χ4n) is 2.78. The maximum atomic E-state index is 5.88. The Hall–Kier alpha value is -1.02. The van der Waals surface area contributed by atoms with Crippen LogP contribution < -0.4 is 10.1 Å². The van der Waals surface area contributed by atoms with Crippen molar-refractivity contribution in [2.24, 2.45) is 0 Å². The van der Waals surface area contributed by atoms with Crippen LogP contribution >= 0.6 is 0 Å². The van der Waals surface area contributed by atoms with Crippen LogP contribution in [0, 0.1) is 0 Å². The number of rotatable bonds is 7. The number of ether oxygens (including phenoxy) is 1. The monoisotopic (exact) mass is 261 g/mol. The van der Waals surface area contributed by atoms with Gasteiger partial charge in [-0.25, -0.2) is 0 Å². The minimum Gasteiger partial charge on any atom is -0.493 e. The third-order valence-electron chi connectivity index (χ3n) is 3.95. The molecule has 0 fully saturated rings. The Morgan fingerprint density at radius 1 is 1.32 bits per heavy atom. The molecule has 1 aromatic carbocycles. The van der Waals surface area contributed by atoms with Crippen molar-refractivity contribution in [3.63, 3.8) is 0 Å². The molecule has 2 rings (SSSR count). The smallest absolute Gasteiger partial charge is 0.125 e. The summed E-state index contributed by atoms with van der Waals surface area (Å²) < 4.78 is 5.88. The van der Waals surface area contributed by atoms with Crippen molar-refractivity contribution in [3.05, 3.63) is 29.3 Å². The van der Waals surface area contributed by atoms with Crippen molar-refractivity contribution < 1.29 is 4.74 Å². The zero-order valence-corrected chi connectivity index (χ0v) is 12.4. The predicted molar refractivity (Wildman–Crippen MR) is 81.0 cm³/mol. The molecule has 1 unspecified atom stereocenters. The largest absolute Gasteiger partial charge is 0.493 e. The first-order valence-electron chi connectivity index (χ1n) is 7.82. The molecule has 0 amide bonds. The standard InChI is InChI=1S/C17H27NO/c1-3-12-18-16(4-2)11-10-15-8-5-7-14-9-6-13-19-17(14)15/h5,7-8,16,18H,3-4,6,9-13H2,1-2H3. The molecule has 0 bridgehead atoms. The molecule has 0 saturated heterocycles. The van der Waals surface area contributed by atoms with Gasteiger partial charge in [-0.3, -0.25) is 0 Å². The summed E-state index contributed by atoms with van der Waals surface area (Å²) in [6.07, 6.45) is 7.07. The van der Waals surface area contributed by atoms with Crippen LogP contribution in [0.3, 0.4) is 0 Å². The minimum atomic E-state index is 0.638. The summed E-state index contributed by atoms with van der Waals surface area (Å²) in [6.45, 7) is 6.50. The maximum Gasteiger partial charge on any atom is 0.125 e. The summed E-state index contributed by atoms with van der Waals surface area (Å²) >= 11 is 0. The second-order valence-electron chi connectivity index (χ2n) is 5.46. The number of nitrogens with one attached hydrogen (secondary N) is 1. The first-order valence-corrected chi connectivity index (χ1v) is 7.82. The number of aryl methyl sites for hydroxylation is 2. The highest BCUT2D eigenvalue weighted by molar-refractivity contribution is 5.42. The Labute approximate surface area is 117 Å². The van der Waals surface area contributed by atoms with Gasteiger partial charge in [-0.2, -0.15) is 0 Å². The van der Waals surface area contributed by atoms with E-state index in [1.807, 2.05) is 0 Å². The van der Waals surface area contributed by atoms with Crippen LogP contribution in [0.25, 0.3) is 0 Å². The van der Waals surface area contributed by atoms with E-state index in [1.54, 1.807) is 0 Å². The zero-order valence-electron chi connectivity index (χ0n) is 12.4. The van der Waals surface area contributed by atoms with E-state index in [-0.39, 0.29) is 0 Å². The van der Waals surface area contributed by atoms with E-state index >= 15 is 0 Å². The van der Waals surface area contributed by atoms with Crippen molar-refractivity contribution in [1.82, 2.24) is 5.32 Å². The molecule has 1 heterocycles. The molecule has 1 atom stereocenters. The van der Waals surface area contributed by atoms with Gasteiger partial charge in [-0.05, 0) is 56.2 Å². The fourth-order valence-corrected chi connectivity index (χ4v) is 2.78. The van der Waals surface area contributed by atoms with E-state index in [1.165, 1.54) is 42.6 Å². The van der Waals surface area contributed by atoms with Crippen molar-refractivity contribution in [2.75, 3.05) is 13.2 Å². The Kier molecular flexibility index (Phi) is 5.71. The highest BCUT2D eigenvalue weighted by Crippen LogP contribution is 2.29. The van der Waals surface area contributed by atoms with Gasteiger partial charge in [0.15, 0.2) is 0 Å². The van der Waals surface area contributed by atoms with Crippen LogP contribution in [0.5, 0.6) is 5.75 Å². The highest BCUT2D eigenvalue weighted by Gasteiger charge is 2.15. The van der Waals surface area contributed by atoms with Gasteiger partial charge in [0.1, 0.15) is 5.75 Å². The van der Waals surface area contributed by atoms with Crippen LogP contribution in [0.1, 0.15) is 50.7 Å². The molecule has 2 nitrogen and oxygen atoms in total. The van der Waals surface area contributed by atoms with E-state index in [0.29, 0.717) is 6.04 Å². The first kappa shape index (κ1) is 14.4. The SMILES string of the molecule is CCCNC(CC)CCc1cccc2c1OCCC2. The normalized spacial score (nSPS) is 15.7. The number of hydrogen-bond acceptors (Lipinski definition) is 2. The number of para-hydroxylation sites is 1. The zero-order chi connectivity index (χ0) is 13.5. The van der Waals surface area contributed by atoms with E-state index in [4.69, 9.17) is 4.74 Å². The lowest BCUT2D eigenvalue weighted by molar-refractivity contribution is 0.284. The quantitative estimate of drug-likeness (QED) is 0.807. The van der Waals surface area contributed by atoms with E-state index < -0.39 is 0 Å². The molecule has 1 N–H and O–H groups in total. The number of hydrogen-bond donors (Lipinski definition) is 1. The van der Waals surface area contributed by atoms with Gasteiger partial charge in [-0.15, -0.1) is 0 Å². The molecular formula is C17H27NO. The average Bonchev–Trinajstić information content (AvgIpc) is 2.47. The van der Waals surface area contributed by atoms with Gasteiger partial charge in [0.05, 0.1) is 6.61 Å². The summed E-state index contributed by atoms with van der Waals surface area (Å²) in [5, 5.41) is 3.63. The maximum absolute atomic E-state index is 5.88. The van der Waals surface area contributed by atoms with E-state index in [2.05, 4.69) is 37.4 Å². The van der Waals surface area contributed by atoms with Crippen LogP contribution in [-0.2, 0) is 12.8 Å². The molecule has 0 spiro atoms. The fraction of sp³-hybridized carbons (Fsp3) is 0.647. The first-order chi connectivity index (χ1) is 9.35. The molecule has 0 aromatic heterocycles. The molecule has 0 radical (unpaired) electrons. The molecule has 1 aromatic rings. The third kappa shape index (κ3) is 3.97. The topological polar surface area (TPSA) is 21.3 Å². The Morgan fingerprint density at radius 2 is 2.21 bits per heavy atom. The van der Waals surface area contributed by atoms with Gasteiger partial charge >= 0.3 is 0 Å². The number of benzene rings is 1. The molecule has 1 aliphatic heterocycles. The van der Waals surface area contributed by atoms with E-state index in [9.17, 15) is 0 Å². The Balaban J connectivity index is 1.95. The van der Waals surface area contributed by atoms with Crippen LogP contribution in [-0.4, -0.2) is 19.2 Å². The molecule has 0 saturated carbocycles. The predicted octanol–water partition coefficient (Wildman–Crippen LogP) is 3.72. The van der Waals surface area contributed by atoms with Gasteiger partial charge < -0.3 is 10.1 Å². The average molecular weight is 261 g/mol. The second kappa shape index (κ2) is 7.54. The van der Waals surface area contributed by atoms with Crippen LogP contribution in [0.4, 0.5) is 0 Å². The van der Waals surface area contributed by atoms with Crippen molar-refractivity contribution in [1.29, 1.82) is 0 Å². The Morgan fingerprint density at radius 3 is 3.00 bits per heavy atom. The third-order valence-corrected chi connectivity index (χ3v) is 3.95. The van der Waals surface area contributed by atoms with Gasteiger partial charge in [0, 0.05) is 6.04 Å². The molecule has 2 heteroatoms. The van der Waals surface area contributed by atoms with Crippen molar-refractivity contribution in [3.8, 4) is 5.75 Å². The summed E-state index contributed by atoms with van der Waals surface area (Å²) in [5.74, 6) is 1.18. The second-order valence-corrected chi connectivity index (χ2v) is 5.46. The molecule has 106 valence electrons. The van der Waals surface area contributed by atoms with Crippen molar-refractivity contribution in [2.45, 2.75) is 58.4 Å². The molecule has 19 heavy (non-hydrogen) atoms. The van der Waals surface area contributed by atoms with Crippen LogP contribution in [0.2, 0.25) is 0 Å². The minimum absolute atomic E-state index is 0.638. The summed E-state index contributed by atoms with van der Waals surface area (Å²) in [7, 11) is 0. The van der Waals surface area contributed by atoms with Gasteiger partial charge in [0.25, 0.3) is 0 Å². The number of fused-ring (bicyclic) bond motifs is 1. The van der Waals surface area contributed by atoms with Gasteiger partial charge in [-0.1, -0.05) is 32.0 Å². The summed E-state index contributed by atoms with van der Waals surface area (Å²) in [6, 6.07) is 7.27. The summed E-state index contributed by atoms with van der Waals surface area (Å²) in [4.78, 5) is 0.